The van der Waals surface area contributed by atoms with Crippen LogP contribution < -0.4 is 11.1 Å². The highest BCUT2D eigenvalue weighted by atomic mass is 16.1. The van der Waals surface area contributed by atoms with Gasteiger partial charge in [-0.1, -0.05) is 6.07 Å². The topological polar surface area (TPSA) is 98.2 Å². The first-order chi connectivity index (χ1) is 10.2. The predicted octanol–water partition coefficient (Wildman–Crippen LogP) is 0.679. The van der Waals surface area contributed by atoms with E-state index in [1.807, 2.05) is 28.8 Å². The van der Waals surface area contributed by atoms with E-state index >= 15 is 0 Å². The number of carbonyl (C=O) groups is 1. The molecule has 3 heterocycles. The minimum atomic E-state index is -0.233. The summed E-state index contributed by atoms with van der Waals surface area (Å²) in [5, 5.41) is 11.0. The number of rotatable bonds is 4. The standard InChI is InChI=1S/C14H14N6O/c15-10-4-5-11(17-9-10)14(21)16-7-6-13-19-18-12-3-1-2-8-20(12)13/h1-5,8-9H,6-7,15H2,(H,16,21). The fourth-order valence-corrected chi connectivity index (χ4v) is 1.98. The highest BCUT2D eigenvalue weighted by molar-refractivity contribution is 5.92. The molecular weight excluding hydrogens is 268 g/mol. The van der Waals surface area contributed by atoms with Gasteiger partial charge in [0, 0.05) is 19.2 Å². The molecule has 0 saturated carbocycles. The Balaban J connectivity index is 1.61. The molecular formula is C14H14N6O. The van der Waals surface area contributed by atoms with Crippen LogP contribution in [0.5, 0.6) is 0 Å². The van der Waals surface area contributed by atoms with Crippen LogP contribution in [0.15, 0.2) is 42.7 Å². The van der Waals surface area contributed by atoms with Crippen molar-refractivity contribution >= 4 is 17.2 Å². The third-order valence-electron chi connectivity index (χ3n) is 3.04. The lowest BCUT2D eigenvalue weighted by molar-refractivity contribution is 0.0949. The molecule has 0 aliphatic rings. The van der Waals surface area contributed by atoms with Crippen LogP contribution in [0.2, 0.25) is 0 Å². The van der Waals surface area contributed by atoms with Crippen molar-refractivity contribution in [2.75, 3.05) is 12.3 Å². The smallest absolute Gasteiger partial charge is 0.269 e. The third kappa shape index (κ3) is 2.81. The van der Waals surface area contributed by atoms with Crippen LogP contribution in [0, 0.1) is 0 Å². The minimum Gasteiger partial charge on any atom is -0.397 e. The summed E-state index contributed by atoms with van der Waals surface area (Å²) in [5.74, 6) is 0.569. The van der Waals surface area contributed by atoms with Crippen molar-refractivity contribution in [3.63, 3.8) is 0 Å². The fourth-order valence-electron chi connectivity index (χ4n) is 1.98. The zero-order valence-electron chi connectivity index (χ0n) is 11.2. The zero-order chi connectivity index (χ0) is 14.7. The Kier molecular flexibility index (Phi) is 3.46. The molecule has 3 aromatic rings. The van der Waals surface area contributed by atoms with Crippen LogP contribution in [0.1, 0.15) is 16.3 Å². The molecule has 3 rings (SSSR count). The Morgan fingerprint density at radius 1 is 1.24 bits per heavy atom. The largest absolute Gasteiger partial charge is 0.397 e. The van der Waals surface area contributed by atoms with Gasteiger partial charge in [-0.2, -0.15) is 0 Å². The first-order valence-electron chi connectivity index (χ1n) is 6.52. The van der Waals surface area contributed by atoms with Crippen molar-refractivity contribution in [2.24, 2.45) is 0 Å². The molecule has 7 heteroatoms. The van der Waals surface area contributed by atoms with E-state index in [1.54, 1.807) is 12.1 Å². The Hall–Kier alpha value is -2.96. The van der Waals surface area contributed by atoms with E-state index in [-0.39, 0.29) is 5.91 Å². The van der Waals surface area contributed by atoms with Crippen molar-refractivity contribution in [1.82, 2.24) is 24.9 Å². The van der Waals surface area contributed by atoms with Crippen molar-refractivity contribution in [1.29, 1.82) is 0 Å². The van der Waals surface area contributed by atoms with Gasteiger partial charge in [-0.25, -0.2) is 4.98 Å². The molecule has 0 bridgehead atoms. The summed E-state index contributed by atoms with van der Waals surface area (Å²) in [5.41, 5.74) is 7.19. The monoisotopic (exact) mass is 282 g/mol. The van der Waals surface area contributed by atoms with E-state index in [1.165, 1.54) is 6.20 Å². The lowest BCUT2D eigenvalue weighted by atomic mass is 10.3. The molecule has 0 atom stereocenters. The summed E-state index contributed by atoms with van der Waals surface area (Å²) < 4.78 is 1.90. The minimum absolute atomic E-state index is 0.233. The summed E-state index contributed by atoms with van der Waals surface area (Å²) in [7, 11) is 0. The second-order valence-electron chi connectivity index (χ2n) is 4.53. The number of nitrogens with two attached hydrogens (primary N) is 1. The molecule has 3 aromatic heterocycles. The maximum Gasteiger partial charge on any atom is 0.269 e. The normalized spacial score (nSPS) is 10.7. The first kappa shape index (κ1) is 13.0. The number of nitrogen functional groups attached to an aromatic ring is 1. The van der Waals surface area contributed by atoms with Crippen LogP contribution in [-0.2, 0) is 6.42 Å². The summed E-state index contributed by atoms with van der Waals surface area (Å²) in [6, 6.07) is 8.94. The highest BCUT2D eigenvalue weighted by Gasteiger charge is 2.08. The van der Waals surface area contributed by atoms with E-state index < -0.39 is 0 Å². The molecule has 0 spiro atoms. The van der Waals surface area contributed by atoms with Gasteiger partial charge in [0.05, 0.1) is 11.9 Å². The van der Waals surface area contributed by atoms with Crippen molar-refractivity contribution in [3.8, 4) is 0 Å². The van der Waals surface area contributed by atoms with E-state index in [2.05, 4.69) is 20.5 Å². The van der Waals surface area contributed by atoms with Crippen molar-refractivity contribution in [2.45, 2.75) is 6.42 Å². The Labute approximate surface area is 120 Å². The number of pyridine rings is 2. The molecule has 0 radical (unpaired) electrons. The van der Waals surface area contributed by atoms with Crippen molar-refractivity contribution in [3.05, 3.63) is 54.2 Å². The van der Waals surface area contributed by atoms with Gasteiger partial charge in [0.1, 0.15) is 11.5 Å². The van der Waals surface area contributed by atoms with Gasteiger partial charge in [-0.05, 0) is 24.3 Å². The first-order valence-corrected chi connectivity index (χ1v) is 6.52. The maximum absolute atomic E-state index is 11.9. The van der Waals surface area contributed by atoms with Crippen LogP contribution >= 0.6 is 0 Å². The second kappa shape index (κ2) is 5.58. The van der Waals surface area contributed by atoms with Gasteiger partial charge >= 0.3 is 0 Å². The summed E-state index contributed by atoms with van der Waals surface area (Å²) in [6.07, 6.45) is 3.95. The van der Waals surface area contributed by atoms with Gasteiger partial charge in [0.15, 0.2) is 5.65 Å². The second-order valence-corrected chi connectivity index (χ2v) is 4.53. The zero-order valence-corrected chi connectivity index (χ0v) is 11.2. The van der Waals surface area contributed by atoms with Crippen molar-refractivity contribution < 1.29 is 4.79 Å². The maximum atomic E-state index is 11.9. The molecule has 3 N–H and O–H groups in total. The molecule has 0 aliphatic carbocycles. The van der Waals surface area contributed by atoms with Crippen LogP contribution in [0.25, 0.3) is 5.65 Å². The van der Waals surface area contributed by atoms with Gasteiger partial charge in [0.25, 0.3) is 5.91 Å². The van der Waals surface area contributed by atoms with Crippen LogP contribution in [-0.4, -0.2) is 32.0 Å². The molecule has 0 unspecified atom stereocenters. The average molecular weight is 282 g/mol. The highest BCUT2D eigenvalue weighted by Crippen LogP contribution is 2.03. The third-order valence-corrected chi connectivity index (χ3v) is 3.04. The SMILES string of the molecule is Nc1ccc(C(=O)NCCc2nnc3ccccn23)nc1. The Morgan fingerprint density at radius 3 is 2.95 bits per heavy atom. The molecule has 106 valence electrons. The number of fused-ring (bicyclic) bond motifs is 1. The van der Waals surface area contributed by atoms with Gasteiger partial charge in [-0.3, -0.25) is 9.20 Å². The number of aromatic nitrogens is 4. The molecule has 21 heavy (non-hydrogen) atoms. The molecule has 0 aromatic carbocycles. The van der Waals surface area contributed by atoms with E-state index in [4.69, 9.17) is 5.73 Å². The van der Waals surface area contributed by atoms with E-state index in [0.29, 0.717) is 24.3 Å². The lowest BCUT2D eigenvalue weighted by Crippen LogP contribution is -2.27. The van der Waals surface area contributed by atoms with Crippen LogP contribution in [0.3, 0.4) is 0 Å². The quantitative estimate of drug-likeness (QED) is 0.733. The molecule has 0 fully saturated rings. The average Bonchev–Trinajstić information content (AvgIpc) is 2.91. The van der Waals surface area contributed by atoms with Gasteiger partial charge < -0.3 is 11.1 Å². The number of amides is 1. The molecule has 7 nitrogen and oxygen atoms in total. The number of carbonyl (C=O) groups excluding carboxylic acids is 1. The summed E-state index contributed by atoms with van der Waals surface area (Å²) in [4.78, 5) is 15.9. The number of nitrogens with one attached hydrogen (secondary N) is 1. The summed E-state index contributed by atoms with van der Waals surface area (Å²) >= 11 is 0. The van der Waals surface area contributed by atoms with Gasteiger partial charge in [0.2, 0.25) is 0 Å². The molecule has 0 saturated heterocycles. The molecule has 0 aliphatic heterocycles. The van der Waals surface area contributed by atoms with E-state index in [9.17, 15) is 4.79 Å². The lowest BCUT2D eigenvalue weighted by Gasteiger charge is -2.04. The fraction of sp³-hybridized carbons (Fsp3) is 0.143. The number of hydrogen-bond acceptors (Lipinski definition) is 5. The predicted molar refractivity (Wildman–Crippen MR) is 77.7 cm³/mol. The molecule has 1 amide bonds. The van der Waals surface area contributed by atoms with Crippen LogP contribution in [0.4, 0.5) is 5.69 Å². The summed E-state index contributed by atoms with van der Waals surface area (Å²) in [6.45, 7) is 0.459. The van der Waals surface area contributed by atoms with Gasteiger partial charge in [-0.15, -0.1) is 10.2 Å². The Morgan fingerprint density at radius 2 is 2.14 bits per heavy atom. The number of anilines is 1. The van der Waals surface area contributed by atoms with E-state index in [0.717, 1.165) is 11.5 Å². The number of hydrogen-bond donors (Lipinski definition) is 2. The number of nitrogens with zero attached hydrogens (tertiary/aromatic N) is 4. The Bertz CT molecular complexity index is 764.